The molecule has 158 valence electrons. The van der Waals surface area contributed by atoms with Gasteiger partial charge in [0.05, 0.1) is 23.7 Å². The predicted molar refractivity (Wildman–Crippen MR) is 120 cm³/mol. The van der Waals surface area contributed by atoms with Crippen molar-refractivity contribution in [3.05, 3.63) is 53.7 Å². The van der Waals surface area contributed by atoms with Gasteiger partial charge in [0, 0.05) is 35.7 Å². The molecule has 2 bridgehead atoms. The molecule has 0 aliphatic carbocycles. The lowest BCUT2D eigenvalue weighted by Crippen LogP contribution is -2.36. The first-order chi connectivity index (χ1) is 14.4. The second-order valence-electron chi connectivity index (χ2n) is 8.65. The molecule has 2 fully saturated rings. The summed E-state index contributed by atoms with van der Waals surface area (Å²) in [7, 11) is -3.29. The molecule has 8 heteroatoms. The van der Waals surface area contributed by atoms with E-state index in [-0.39, 0.29) is 0 Å². The Morgan fingerprint density at radius 3 is 2.90 bits per heavy atom. The van der Waals surface area contributed by atoms with Crippen molar-refractivity contribution in [1.82, 2.24) is 15.1 Å². The zero-order chi connectivity index (χ0) is 20.9. The van der Waals surface area contributed by atoms with Crippen molar-refractivity contribution in [3.8, 4) is 0 Å². The van der Waals surface area contributed by atoms with Gasteiger partial charge in [-0.3, -0.25) is 14.7 Å². The number of benzene rings is 2. The molecular weight excluding hydrogens is 398 g/mol. The Kier molecular flexibility index (Phi) is 4.71. The number of aromatic nitrogens is 2. The maximum Gasteiger partial charge on any atom is 0.229 e. The maximum atomic E-state index is 11.7. The Morgan fingerprint density at radius 2 is 2.07 bits per heavy atom. The van der Waals surface area contributed by atoms with Crippen LogP contribution in [-0.4, -0.2) is 47.9 Å². The van der Waals surface area contributed by atoms with Crippen LogP contribution in [0.4, 0.5) is 11.4 Å². The van der Waals surface area contributed by atoms with E-state index < -0.39 is 10.0 Å². The molecule has 3 heterocycles. The first-order valence-corrected chi connectivity index (χ1v) is 12.3. The number of fused-ring (bicyclic) bond motifs is 3. The summed E-state index contributed by atoms with van der Waals surface area (Å²) < 4.78 is 26.0. The van der Waals surface area contributed by atoms with Gasteiger partial charge in [0.1, 0.15) is 0 Å². The Hall–Kier alpha value is -2.58. The number of H-pyrrole nitrogens is 1. The first kappa shape index (κ1) is 19.4. The van der Waals surface area contributed by atoms with Crippen LogP contribution in [0.25, 0.3) is 10.9 Å². The third-order valence-electron chi connectivity index (χ3n) is 6.44. The van der Waals surface area contributed by atoms with E-state index in [2.05, 4.69) is 49.4 Å². The van der Waals surface area contributed by atoms with Gasteiger partial charge in [-0.15, -0.1) is 0 Å². The number of hydrogen-bond acceptors (Lipinski definition) is 5. The molecule has 2 aliphatic heterocycles. The number of nitrogens with zero attached hydrogens (tertiary/aromatic N) is 2. The van der Waals surface area contributed by atoms with Crippen molar-refractivity contribution in [2.75, 3.05) is 16.3 Å². The molecular formula is C22H27N5O2S. The van der Waals surface area contributed by atoms with E-state index >= 15 is 0 Å². The molecule has 3 aromatic rings. The van der Waals surface area contributed by atoms with Gasteiger partial charge in [-0.2, -0.15) is 5.10 Å². The number of nitrogens with one attached hydrogen (secondary N) is 3. The summed E-state index contributed by atoms with van der Waals surface area (Å²) in [6.07, 6.45) is 6.60. The molecule has 3 unspecified atom stereocenters. The fourth-order valence-electron chi connectivity index (χ4n) is 5.04. The predicted octanol–water partition coefficient (Wildman–Crippen LogP) is 3.46. The number of aryl methyl sites for hydroxylation is 1. The minimum atomic E-state index is -3.29. The summed E-state index contributed by atoms with van der Waals surface area (Å²) in [5.74, 6) is 0. The van der Waals surface area contributed by atoms with Crippen LogP contribution in [0.5, 0.6) is 0 Å². The summed E-state index contributed by atoms with van der Waals surface area (Å²) >= 11 is 0. The molecule has 7 nitrogen and oxygen atoms in total. The normalized spacial score (nSPS) is 23.9. The van der Waals surface area contributed by atoms with Crippen LogP contribution >= 0.6 is 0 Å². The van der Waals surface area contributed by atoms with Crippen LogP contribution in [0.2, 0.25) is 0 Å². The molecule has 2 aromatic carbocycles. The molecule has 0 amide bonds. The van der Waals surface area contributed by atoms with Gasteiger partial charge < -0.3 is 5.32 Å². The van der Waals surface area contributed by atoms with Crippen LogP contribution in [0.1, 0.15) is 30.4 Å². The van der Waals surface area contributed by atoms with Gasteiger partial charge in [0.25, 0.3) is 0 Å². The maximum absolute atomic E-state index is 11.7. The van der Waals surface area contributed by atoms with E-state index in [4.69, 9.17) is 0 Å². The highest BCUT2D eigenvalue weighted by molar-refractivity contribution is 7.92. The third-order valence-corrected chi connectivity index (χ3v) is 7.03. The summed E-state index contributed by atoms with van der Waals surface area (Å²) in [6, 6.07) is 13.9. The van der Waals surface area contributed by atoms with Crippen molar-refractivity contribution in [2.24, 2.45) is 0 Å². The van der Waals surface area contributed by atoms with E-state index in [1.807, 2.05) is 25.3 Å². The van der Waals surface area contributed by atoms with Gasteiger partial charge >= 0.3 is 0 Å². The standard InChI is InChI=1S/C22H27N5O2S/c1-14-3-4-15(9-20(14)26-30(2,28)29)13-27-18-6-8-22(27)21(11-18)24-17-5-7-19-16(10-17)12-23-25-19/h3-5,7,9-10,12,18,21-22,24,26H,6,8,11,13H2,1-2H3,(H,23,25). The van der Waals surface area contributed by atoms with Crippen LogP contribution in [0.3, 0.4) is 0 Å². The lowest BCUT2D eigenvalue weighted by Gasteiger charge is -2.26. The molecule has 2 aliphatic rings. The Labute approximate surface area is 176 Å². The molecule has 2 saturated heterocycles. The van der Waals surface area contributed by atoms with Crippen LogP contribution in [0, 0.1) is 6.92 Å². The second kappa shape index (κ2) is 7.28. The van der Waals surface area contributed by atoms with E-state index in [1.54, 1.807) is 0 Å². The minimum Gasteiger partial charge on any atom is -0.381 e. The van der Waals surface area contributed by atoms with Crippen molar-refractivity contribution in [2.45, 2.75) is 50.9 Å². The van der Waals surface area contributed by atoms with E-state index in [0.29, 0.717) is 23.8 Å². The Balaban J connectivity index is 1.31. The molecule has 1 aromatic heterocycles. The quantitative estimate of drug-likeness (QED) is 0.563. The number of aromatic amines is 1. The largest absolute Gasteiger partial charge is 0.381 e. The summed E-state index contributed by atoms with van der Waals surface area (Å²) in [6.45, 7) is 2.76. The monoisotopic (exact) mass is 425 g/mol. The smallest absolute Gasteiger partial charge is 0.229 e. The third kappa shape index (κ3) is 3.77. The lowest BCUT2D eigenvalue weighted by atomic mass is 9.95. The summed E-state index contributed by atoms with van der Waals surface area (Å²) in [5.41, 5.74) is 4.93. The summed E-state index contributed by atoms with van der Waals surface area (Å²) in [4.78, 5) is 2.59. The highest BCUT2D eigenvalue weighted by Gasteiger charge is 2.45. The number of sulfonamides is 1. The van der Waals surface area contributed by atoms with Crippen molar-refractivity contribution in [1.29, 1.82) is 0 Å². The van der Waals surface area contributed by atoms with Crippen molar-refractivity contribution < 1.29 is 8.42 Å². The molecule has 0 saturated carbocycles. The van der Waals surface area contributed by atoms with E-state index in [0.717, 1.165) is 40.7 Å². The second-order valence-corrected chi connectivity index (χ2v) is 10.4. The number of hydrogen-bond donors (Lipinski definition) is 3. The molecule has 3 atom stereocenters. The van der Waals surface area contributed by atoms with E-state index in [9.17, 15) is 8.42 Å². The SMILES string of the molecule is Cc1ccc(CN2C3CCC2C(Nc2ccc4[nH]ncc4c2)C3)cc1NS(C)(=O)=O. The fourth-order valence-corrected chi connectivity index (χ4v) is 5.66. The Bertz CT molecular complexity index is 1190. The lowest BCUT2D eigenvalue weighted by molar-refractivity contribution is 0.241. The average molecular weight is 426 g/mol. The van der Waals surface area contributed by atoms with Crippen LogP contribution in [0.15, 0.2) is 42.6 Å². The molecule has 3 N–H and O–H groups in total. The molecule has 0 spiro atoms. The molecule has 30 heavy (non-hydrogen) atoms. The topological polar surface area (TPSA) is 90.1 Å². The fraction of sp³-hybridized carbons (Fsp3) is 0.409. The highest BCUT2D eigenvalue weighted by atomic mass is 32.2. The van der Waals surface area contributed by atoms with Gasteiger partial charge in [-0.1, -0.05) is 12.1 Å². The number of rotatable bonds is 6. The van der Waals surface area contributed by atoms with Gasteiger partial charge in [-0.05, 0) is 61.6 Å². The van der Waals surface area contributed by atoms with Crippen LogP contribution < -0.4 is 10.0 Å². The zero-order valence-corrected chi connectivity index (χ0v) is 18.0. The highest BCUT2D eigenvalue weighted by Crippen LogP contribution is 2.40. The van der Waals surface area contributed by atoms with Gasteiger partial charge in [-0.25, -0.2) is 8.42 Å². The van der Waals surface area contributed by atoms with E-state index in [1.165, 1.54) is 19.1 Å². The Morgan fingerprint density at radius 1 is 1.20 bits per heavy atom. The van der Waals surface area contributed by atoms with Gasteiger partial charge in [0.2, 0.25) is 10.0 Å². The van der Waals surface area contributed by atoms with Crippen molar-refractivity contribution >= 4 is 32.3 Å². The van der Waals surface area contributed by atoms with Crippen LogP contribution in [-0.2, 0) is 16.6 Å². The number of anilines is 2. The van der Waals surface area contributed by atoms with Crippen molar-refractivity contribution in [3.63, 3.8) is 0 Å². The van der Waals surface area contributed by atoms with Gasteiger partial charge in [0.15, 0.2) is 0 Å². The minimum absolute atomic E-state index is 0.423. The average Bonchev–Trinajstić information content (AvgIpc) is 3.38. The molecule has 5 rings (SSSR count). The first-order valence-electron chi connectivity index (χ1n) is 10.4. The zero-order valence-electron chi connectivity index (χ0n) is 17.2. The summed E-state index contributed by atoms with van der Waals surface area (Å²) in [5, 5.41) is 12.0. The molecule has 0 radical (unpaired) electrons.